The molecule has 1 aliphatic carbocycles. The lowest BCUT2D eigenvalue weighted by Crippen LogP contribution is -2.45. The zero-order valence-corrected chi connectivity index (χ0v) is 21.6. The van der Waals surface area contributed by atoms with Gasteiger partial charge >= 0.3 is 5.97 Å². The van der Waals surface area contributed by atoms with Gasteiger partial charge in [0.25, 0.3) is 0 Å². The van der Waals surface area contributed by atoms with Crippen molar-refractivity contribution in [2.75, 3.05) is 0 Å². The number of aryl methyl sites for hydroxylation is 1. The summed E-state index contributed by atoms with van der Waals surface area (Å²) in [5.41, 5.74) is 2.35. The highest BCUT2D eigenvalue weighted by Crippen LogP contribution is 2.43. The fourth-order valence-corrected chi connectivity index (χ4v) is 5.16. The maximum Gasteiger partial charge on any atom is 0.303 e. The van der Waals surface area contributed by atoms with Gasteiger partial charge in [-0.05, 0) is 49.9 Å². The lowest BCUT2D eigenvalue weighted by molar-refractivity contribution is -0.137. The van der Waals surface area contributed by atoms with E-state index in [9.17, 15) is 9.59 Å². The van der Waals surface area contributed by atoms with E-state index in [1.807, 2.05) is 12.2 Å². The number of carbonyl (C=O) groups is 2. The van der Waals surface area contributed by atoms with Crippen LogP contribution in [0.2, 0.25) is 18.1 Å². The normalized spacial score (nSPS) is 22.3. The predicted octanol–water partition coefficient (Wildman–Crippen LogP) is 6.81. The predicted molar refractivity (Wildman–Crippen MR) is 134 cm³/mol. The van der Waals surface area contributed by atoms with Crippen molar-refractivity contribution in [3.63, 3.8) is 0 Å². The van der Waals surface area contributed by atoms with E-state index in [0.717, 1.165) is 12.0 Å². The number of hydrogen-bond acceptors (Lipinski definition) is 3. The molecule has 1 aromatic carbocycles. The van der Waals surface area contributed by atoms with Gasteiger partial charge in [0.05, 0.1) is 6.10 Å². The molecule has 176 valence electrons. The molecule has 1 N–H and O–H groups in total. The molecule has 0 radical (unpaired) electrons. The number of rotatable bonds is 10. The zero-order chi connectivity index (χ0) is 23.9. The average molecular weight is 457 g/mol. The van der Waals surface area contributed by atoms with Crippen molar-refractivity contribution in [3.05, 3.63) is 53.6 Å². The minimum atomic E-state index is -2.01. The molecule has 1 unspecified atom stereocenters. The third-order valence-corrected chi connectivity index (χ3v) is 11.4. The Morgan fingerprint density at radius 1 is 1.19 bits per heavy atom. The molecule has 32 heavy (non-hydrogen) atoms. The van der Waals surface area contributed by atoms with Crippen LogP contribution in [0.4, 0.5) is 0 Å². The monoisotopic (exact) mass is 456 g/mol. The molecule has 1 aromatic rings. The summed E-state index contributed by atoms with van der Waals surface area (Å²) in [6.45, 7) is 13.2. The van der Waals surface area contributed by atoms with Gasteiger partial charge in [-0.15, -0.1) is 0 Å². The van der Waals surface area contributed by atoms with Gasteiger partial charge in [0, 0.05) is 24.7 Å². The first-order chi connectivity index (χ1) is 14.9. The Hall–Kier alpha value is -1.98. The Balaban J connectivity index is 2.18. The summed E-state index contributed by atoms with van der Waals surface area (Å²) in [5, 5.41) is 8.86. The van der Waals surface area contributed by atoms with Crippen molar-refractivity contribution >= 4 is 26.1 Å². The molecule has 0 spiro atoms. The van der Waals surface area contributed by atoms with Gasteiger partial charge in [0.15, 0.2) is 8.32 Å². The number of carboxylic acids is 1. The van der Waals surface area contributed by atoms with Gasteiger partial charge in [-0.3, -0.25) is 9.59 Å². The smallest absolute Gasteiger partial charge is 0.303 e. The van der Waals surface area contributed by atoms with Crippen LogP contribution in [0.3, 0.4) is 0 Å². The van der Waals surface area contributed by atoms with E-state index in [1.54, 1.807) is 0 Å². The minimum Gasteiger partial charge on any atom is -0.481 e. The highest BCUT2D eigenvalue weighted by atomic mass is 28.4. The first-order valence-corrected chi connectivity index (χ1v) is 14.6. The fourth-order valence-electron chi connectivity index (χ4n) is 3.81. The fraction of sp³-hybridized carbons (Fsp3) is 0.556. The molecule has 0 bridgehead atoms. The molecule has 0 saturated heterocycles. The number of carboxylic acid groups (broad SMARTS) is 1. The molecule has 0 aromatic heterocycles. The molecule has 1 saturated carbocycles. The third kappa shape index (κ3) is 7.56. The summed E-state index contributed by atoms with van der Waals surface area (Å²) >= 11 is 0. The molecule has 1 fully saturated rings. The summed E-state index contributed by atoms with van der Waals surface area (Å²) in [7, 11) is -2.01. The second-order valence-electron chi connectivity index (χ2n) is 10.5. The van der Waals surface area contributed by atoms with E-state index >= 15 is 0 Å². The second-order valence-corrected chi connectivity index (χ2v) is 15.3. The van der Waals surface area contributed by atoms with E-state index in [0.29, 0.717) is 19.3 Å². The number of unbranched alkanes of at least 4 members (excludes halogenated alkanes) is 1. The van der Waals surface area contributed by atoms with Gasteiger partial charge < -0.3 is 9.53 Å². The molecule has 0 amide bonds. The van der Waals surface area contributed by atoms with Gasteiger partial charge in [-0.1, -0.05) is 74.9 Å². The summed E-state index contributed by atoms with van der Waals surface area (Å²) in [5.74, 6) is -0.553. The van der Waals surface area contributed by atoms with Crippen LogP contribution < -0.4 is 0 Å². The van der Waals surface area contributed by atoms with Crippen LogP contribution in [0.15, 0.2) is 42.5 Å². The summed E-state index contributed by atoms with van der Waals surface area (Å²) in [4.78, 5) is 23.7. The van der Waals surface area contributed by atoms with Crippen molar-refractivity contribution in [2.24, 2.45) is 11.8 Å². The van der Waals surface area contributed by atoms with Crippen LogP contribution in [0.1, 0.15) is 64.0 Å². The quantitative estimate of drug-likeness (QED) is 0.239. The number of benzene rings is 1. The second kappa shape index (κ2) is 11.2. The van der Waals surface area contributed by atoms with Crippen molar-refractivity contribution in [1.29, 1.82) is 0 Å². The van der Waals surface area contributed by atoms with Gasteiger partial charge in [-0.2, -0.15) is 0 Å². The summed E-state index contributed by atoms with van der Waals surface area (Å²) in [6, 6.07) is 8.40. The molecule has 2 rings (SSSR count). The van der Waals surface area contributed by atoms with E-state index in [1.165, 1.54) is 5.56 Å². The molecule has 1 aliphatic rings. The van der Waals surface area contributed by atoms with E-state index in [-0.39, 0.29) is 35.2 Å². The number of Topliss-reactive ketones (excluding diaryl/α,β-unsaturated/α-hetero) is 1. The molecule has 5 heteroatoms. The van der Waals surface area contributed by atoms with Crippen molar-refractivity contribution in [2.45, 2.75) is 84.0 Å². The molecular formula is C27H40O4Si. The standard InChI is InChI=1S/C27H40O4Si/c1-20-13-15-21(16-14-20)17-18-23-22(11-9-7-8-10-12-26(29)30)24(28)19-25(23)31-32(5,6)27(2,3)4/h7,9,13-18,22-23,25H,8,10-12,19H2,1-6H3,(H,29,30)/b9-7-,18-17+/t22?,23-,25-/m1/s1. The molecule has 3 atom stereocenters. The Morgan fingerprint density at radius 3 is 2.44 bits per heavy atom. The Labute approximate surface area is 194 Å². The van der Waals surface area contributed by atoms with Crippen LogP contribution in [0.25, 0.3) is 6.08 Å². The Bertz CT molecular complexity index is 830. The Kier molecular flexibility index (Phi) is 9.23. The number of allylic oxidation sites excluding steroid dienone is 2. The number of aliphatic carboxylic acids is 1. The van der Waals surface area contributed by atoms with Crippen LogP contribution in [-0.2, 0) is 14.0 Å². The third-order valence-electron chi connectivity index (χ3n) is 6.87. The SMILES string of the molecule is Cc1ccc(/C=C/[C@@H]2C(C/C=C\CCCC(=O)O)C(=O)C[C@H]2O[Si](C)(C)C(C)(C)C)cc1. The van der Waals surface area contributed by atoms with Crippen LogP contribution >= 0.6 is 0 Å². The number of carbonyl (C=O) groups excluding carboxylic acids is 1. The maximum atomic E-state index is 13.0. The molecule has 0 heterocycles. The van der Waals surface area contributed by atoms with E-state index in [2.05, 4.69) is 77.2 Å². The first kappa shape index (κ1) is 26.3. The lowest BCUT2D eigenvalue weighted by atomic mass is 9.90. The van der Waals surface area contributed by atoms with E-state index in [4.69, 9.17) is 9.53 Å². The highest BCUT2D eigenvalue weighted by Gasteiger charge is 2.46. The molecular weight excluding hydrogens is 416 g/mol. The zero-order valence-electron chi connectivity index (χ0n) is 20.6. The highest BCUT2D eigenvalue weighted by molar-refractivity contribution is 6.74. The Morgan fingerprint density at radius 2 is 1.84 bits per heavy atom. The van der Waals surface area contributed by atoms with Gasteiger partial charge in [-0.25, -0.2) is 0 Å². The first-order valence-electron chi connectivity index (χ1n) is 11.7. The maximum absolute atomic E-state index is 13.0. The lowest BCUT2D eigenvalue weighted by Gasteiger charge is -2.39. The molecule has 0 aliphatic heterocycles. The summed E-state index contributed by atoms with van der Waals surface area (Å²) in [6.07, 6.45) is 10.9. The average Bonchev–Trinajstić information content (AvgIpc) is 2.96. The summed E-state index contributed by atoms with van der Waals surface area (Å²) < 4.78 is 6.73. The number of ketones is 1. The van der Waals surface area contributed by atoms with Crippen molar-refractivity contribution in [1.82, 2.24) is 0 Å². The number of hydrogen-bond donors (Lipinski definition) is 1. The van der Waals surface area contributed by atoms with Crippen molar-refractivity contribution in [3.8, 4) is 0 Å². The minimum absolute atomic E-state index is 0.0431. The topological polar surface area (TPSA) is 63.6 Å². The largest absolute Gasteiger partial charge is 0.481 e. The van der Waals surface area contributed by atoms with E-state index < -0.39 is 14.3 Å². The van der Waals surface area contributed by atoms with Crippen LogP contribution in [0, 0.1) is 18.8 Å². The van der Waals surface area contributed by atoms with Crippen molar-refractivity contribution < 1.29 is 19.1 Å². The van der Waals surface area contributed by atoms with Crippen LogP contribution in [0.5, 0.6) is 0 Å². The van der Waals surface area contributed by atoms with Gasteiger partial charge in [0.2, 0.25) is 0 Å². The molecule has 4 nitrogen and oxygen atoms in total. The van der Waals surface area contributed by atoms with Gasteiger partial charge in [0.1, 0.15) is 5.78 Å². The van der Waals surface area contributed by atoms with Crippen LogP contribution in [-0.4, -0.2) is 31.3 Å².